The lowest BCUT2D eigenvalue weighted by Gasteiger charge is -2.13. The lowest BCUT2D eigenvalue weighted by molar-refractivity contribution is -0.122. The van der Waals surface area contributed by atoms with E-state index in [-0.39, 0.29) is 18.0 Å². The zero-order chi connectivity index (χ0) is 13.0. The molecule has 1 aliphatic rings. The molecule has 0 saturated heterocycles. The van der Waals surface area contributed by atoms with Crippen molar-refractivity contribution in [1.82, 2.24) is 14.9 Å². The molecule has 0 radical (unpaired) electrons. The molecule has 1 fully saturated rings. The summed E-state index contributed by atoms with van der Waals surface area (Å²) in [7, 11) is 0. The van der Waals surface area contributed by atoms with Crippen LogP contribution >= 0.6 is 0 Å². The van der Waals surface area contributed by atoms with Crippen LogP contribution in [0.15, 0.2) is 12.4 Å². The summed E-state index contributed by atoms with van der Waals surface area (Å²) in [6.45, 7) is 2.77. The number of carbonyl (C=O) groups is 1. The van der Waals surface area contributed by atoms with Crippen LogP contribution in [0.1, 0.15) is 38.4 Å². The van der Waals surface area contributed by atoms with Crippen LogP contribution in [0.2, 0.25) is 0 Å². The van der Waals surface area contributed by atoms with Gasteiger partial charge in [-0.25, -0.2) is 4.98 Å². The first-order chi connectivity index (χ1) is 8.69. The van der Waals surface area contributed by atoms with Crippen molar-refractivity contribution in [2.45, 2.75) is 57.7 Å². The zero-order valence-corrected chi connectivity index (χ0v) is 10.9. The number of nitrogens with one attached hydrogen (secondary N) is 1. The van der Waals surface area contributed by atoms with E-state index in [1.807, 2.05) is 10.8 Å². The van der Waals surface area contributed by atoms with Gasteiger partial charge in [-0.3, -0.25) is 4.79 Å². The van der Waals surface area contributed by atoms with E-state index in [2.05, 4.69) is 17.2 Å². The summed E-state index contributed by atoms with van der Waals surface area (Å²) < 4.78 is 2.04. The molecular weight excluding hydrogens is 228 g/mol. The Morgan fingerprint density at radius 1 is 1.61 bits per heavy atom. The van der Waals surface area contributed by atoms with E-state index >= 15 is 0 Å². The molecule has 1 saturated carbocycles. The largest absolute Gasteiger partial charge is 0.353 e. The first-order valence-electron chi connectivity index (χ1n) is 6.74. The molecule has 18 heavy (non-hydrogen) atoms. The topological polar surface area (TPSA) is 72.9 Å². The van der Waals surface area contributed by atoms with E-state index in [4.69, 9.17) is 5.73 Å². The zero-order valence-electron chi connectivity index (χ0n) is 10.9. The summed E-state index contributed by atoms with van der Waals surface area (Å²) in [5.41, 5.74) is 5.83. The first-order valence-corrected chi connectivity index (χ1v) is 6.74. The highest BCUT2D eigenvalue weighted by Crippen LogP contribution is 2.17. The van der Waals surface area contributed by atoms with Crippen molar-refractivity contribution in [1.29, 1.82) is 0 Å². The Morgan fingerprint density at radius 3 is 3.11 bits per heavy atom. The second-order valence-corrected chi connectivity index (χ2v) is 4.98. The van der Waals surface area contributed by atoms with Crippen molar-refractivity contribution < 1.29 is 4.79 Å². The third kappa shape index (κ3) is 3.32. The Morgan fingerprint density at radius 2 is 2.44 bits per heavy atom. The highest BCUT2D eigenvalue weighted by molar-refractivity contribution is 5.76. The van der Waals surface area contributed by atoms with Gasteiger partial charge in [-0.15, -0.1) is 0 Å². The number of nitrogens with zero attached hydrogens (tertiary/aromatic N) is 2. The quantitative estimate of drug-likeness (QED) is 0.813. The van der Waals surface area contributed by atoms with Crippen molar-refractivity contribution in [2.24, 2.45) is 5.73 Å². The van der Waals surface area contributed by atoms with E-state index in [0.717, 1.165) is 31.5 Å². The number of nitrogens with two attached hydrogens (primary N) is 1. The SMILES string of the molecule is CCc1nccn1CCC(=O)N[C@H]1CC[C@H](N)C1. The maximum atomic E-state index is 11.8. The van der Waals surface area contributed by atoms with Crippen LogP contribution in [-0.4, -0.2) is 27.5 Å². The molecule has 0 unspecified atom stereocenters. The number of hydrogen-bond acceptors (Lipinski definition) is 3. The fraction of sp³-hybridized carbons (Fsp3) is 0.692. The monoisotopic (exact) mass is 250 g/mol. The number of aromatic nitrogens is 2. The van der Waals surface area contributed by atoms with E-state index in [1.165, 1.54) is 0 Å². The van der Waals surface area contributed by atoms with Gasteiger partial charge in [0.1, 0.15) is 5.82 Å². The van der Waals surface area contributed by atoms with Crippen LogP contribution in [0.25, 0.3) is 0 Å². The van der Waals surface area contributed by atoms with E-state index in [9.17, 15) is 4.79 Å². The molecule has 0 spiro atoms. The molecule has 2 rings (SSSR count). The molecular formula is C13H22N4O. The number of imidazole rings is 1. The smallest absolute Gasteiger partial charge is 0.222 e. The van der Waals surface area contributed by atoms with Gasteiger partial charge in [-0.2, -0.15) is 0 Å². The van der Waals surface area contributed by atoms with Gasteiger partial charge in [0.25, 0.3) is 0 Å². The highest BCUT2D eigenvalue weighted by Gasteiger charge is 2.22. The van der Waals surface area contributed by atoms with Crippen LogP contribution in [0, 0.1) is 0 Å². The number of amides is 1. The lowest BCUT2D eigenvalue weighted by Crippen LogP contribution is -2.34. The molecule has 1 amide bonds. The van der Waals surface area contributed by atoms with Crippen molar-refractivity contribution in [3.63, 3.8) is 0 Å². The predicted molar refractivity (Wildman–Crippen MR) is 70.0 cm³/mol. The van der Waals surface area contributed by atoms with Crippen LogP contribution in [0.3, 0.4) is 0 Å². The summed E-state index contributed by atoms with van der Waals surface area (Å²) >= 11 is 0. The van der Waals surface area contributed by atoms with Gasteiger partial charge in [-0.05, 0) is 19.3 Å². The fourth-order valence-electron chi connectivity index (χ4n) is 2.53. The number of rotatable bonds is 5. The second kappa shape index (κ2) is 6.00. The van der Waals surface area contributed by atoms with Gasteiger partial charge in [0.15, 0.2) is 0 Å². The van der Waals surface area contributed by atoms with E-state index in [1.54, 1.807) is 6.20 Å². The summed E-state index contributed by atoms with van der Waals surface area (Å²) in [5, 5.41) is 3.06. The molecule has 1 aliphatic carbocycles. The van der Waals surface area contributed by atoms with E-state index in [0.29, 0.717) is 13.0 Å². The van der Waals surface area contributed by atoms with Crippen LogP contribution in [0.5, 0.6) is 0 Å². The van der Waals surface area contributed by atoms with Crippen LogP contribution in [0.4, 0.5) is 0 Å². The number of aryl methyl sites for hydroxylation is 2. The molecule has 2 atom stereocenters. The standard InChI is InChI=1S/C13H22N4O/c1-2-12-15-6-8-17(12)7-5-13(18)16-11-4-3-10(14)9-11/h6,8,10-11H,2-5,7,9,14H2,1H3,(H,16,18)/t10-,11-/m0/s1. The van der Waals surface area contributed by atoms with Crippen molar-refractivity contribution in [3.8, 4) is 0 Å². The van der Waals surface area contributed by atoms with Gasteiger partial charge >= 0.3 is 0 Å². The Balaban J connectivity index is 1.75. The van der Waals surface area contributed by atoms with Crippen molar-refractivity contribution in [2.75, 3.05) is 0 Å². The minimum atomic E-state index is 0.116. The molecule has 5 heteroatoms. The molecule has 3 N–H and O–H groups in total. The summed E-state index contributed by atoms with van der Waals surface area (Å²) in [6.07, 6.45) is 8.06. The second-order valence-electron chi connectivity index (χ2n) is 4.98. The summed E-state index contributed by atoms with van der Waals surface area (Å²) in [6, 6.07) is 0.538. The normalized spacial score (nSPS) is 23.2. The average molecular weight is 250 g/mol. The maximum Gasteiger partial charge on any atom is 0.222 e. The molecule has 0 aromatic carbocycles. The Hall–Kier alpha value is -1.36. The molecule has 1 heterocycles. The minimum Gasteiger partial charge on any atom is -0.353 e. The number of carbonyl (C=O) groups excluding carboxylic acids is 1. The van der Waals surface area contributed by atoms with Gasteiger partial charge in [-0.1, -0.05) is 6.92 Å². The predicted octanol–water partition coefficient (Wildman–Crippen LogP) is 0.832. The molecule has 0 aliphatic heterocycles. The van der Waals surface area contributed by atoms with Crippen molar-refractivity contribution in [3.05, 3.63) is 18.2 Å². The van der Waals surface area contributed by atoms with Crippen LogP contribution in [-0.2, 0) is 17.8 Å². The number of hydrogen-bond donors (Lipinski definition) is 2. The van der Waals surface area contributed by atoms with Gasteiger partial charge < -0.3 is 15.6 Å². The lowest BCUT2D eigenvalue weighted by atomic mass is 10.2. The third-order valence-electron chi connectivity index (χ3n) is 3.54. The maximum absolute atomic E-state index is 11.8. The Bertz CT molecular complexity index is 401. The van der Waals surface area contributed by atoms with Gasteiger partial charge in [0.05, 0.1) is 0 Å². The summed E-state index contributed by atoms with van der Waals surface area (Å²) in [5.74, 6) is 1.15. The fourth-order valence-corrected chi connectivity index (χ4v) is 2.53. The molecule has 100 valence electrons. The molecule has 1 aromatic heterocycles. The highest BCUT2D eigenvalue weighted by atomic mass is 16.1. The van der Waals surface area contributed by atoms with E-state index < -0.39 is 0 Å². The van der Waals surface area contributed by atoms with Gasteiger partial charge in [0.2, 0.25) is 5.91 Å². The Labute approximate surface area is 108 Å². The average Bonchev–Trinajstić information content (AvgIpc) is 2.95. The molecule has 5 nitrogen and oxygen atoms in total. The molecule has 1 aromatic rings. The minimum absolute atomic E-state index is 0.116. The van der Waals surface area contributed by atoms with Crippen molar-refractivity contribution >= 4 is 5.91 Å². The molecule has 0 bridgehead atoms. The summed E-state index contributed by atoms with van der Waals surface area (Å²) in [4.78, 5) is 16.1. The van der Waals surface area contributed by atoms with Gasteiger partial charge in [0, 0.05) is 43.9 Å². The Kier molecular flexibility index (Phi) is 4.36. The third-order valence-corrected chi connectivity index (χ3v) is 3.54. The first kappa shape index (κ1) is 13.1. The van der Waals surface area contributed by atoms with Crippen LogP contribution < -0.4 is 11.1 Å².